The first-order chi connectivity index (χ1) is 7.65. The first-order valence-corrected chi connectivity index (χ1v) is 5.81. The minimum atomic E-state index is -0.104. The van der Waals surface area contributed by atoms with Gasteiger partial charge < -0.3 is 5.32 Å². The zero-order chi connectivity index (χ0) is 11.5. The van der Waals surface area contributed by atoms with E-state index >= 15 is 0 Å². The van der Waals surface area contributed by atoms with E-state index in [4.69, 9.17) is 0 Å². The highest BCUT2D eigenvalue weighted by Gasteiger charge is 2.07. The Hall–Kier alpha value is -1.68. The van der Waals surface area contributed by atoms with Crippen molar-refractivity contribution in [3.63, 3.8) is 0 Å². The van der Waals surface area contributed by atoms with Gasteiger partial charge in [0.25, 0.3) is 5.91 Å². The lowest BCUT2D eigenvalue weighted by atomic mass is 10.1. The Balaban J connectivity index is 2.18. The number of nitrogens with zero attached hydrogens (tertiary/aromatic N) is 1. The standard InChI is InChI=1S/C12H12N2OS/c1-8-3-9(2)5-10(4-8)14-12(15)11-6-13-7-16-11/h3-7H,1-2H3,(H,14,15). The molecule has 0 spiro atoms. The molecule has 1 aromatic carbocycles. The minimum Gasteiger partial charge on any atom is -0.321 e. The average molecular weight is 232 g/mol. The highest BCUT2D eigenvalue weighted by Crippen LogP contribution is 2.15. The summed E-state index contributed by atoms with van der Waals surface area (Å²) in [5.74, 6) is -0.104. The number of rotatable bonds is 2. The van der Waals surface area contributed by atoms with E-state index in [-0.39, 0.29) is 5.91 Å². The maximum Gasteiger partial charge on any atom is 0.267 e. The average Bonchev–Trinajstić information content (AvgIpc) is 2.68. The lowest BCUT2D eigenvalue weighted by Crippen LogP contribution is -2.10. The number of anilines is 1. The molecule has 0 atom stereocenters. The summed E-state index contributed by atoms with van der Waals surface area (Å²) < 4.78 is 0. The van der Waals surface area contributed by atoms with Crippen molar-refractivity contribution < 1.29 is 4.79 Å². The fraction of sp³-hybridized carbons (Fsp3) is 0.167. The van der Waals surface area contributed by atoms with Crippen LogP contribution >= 0.6 is 11.3 Å². The summed E-state index contributed by atoms with van der Waals surface area (Å²) in [6.45, 7) is 4.02. The number of hydrogen-bond acceptors (Lipinski definition) is 3. The van der Waals surface area contributed by atoms with Gasteiger partial charge in [-0.15, -0.1) is 11.3 Å². The lowest BCUT2D eigenvalue weighted by Gasteiger charge is -2.05. The zero-order valence-electron chi connectivity index (χ0n) is 9.15. The van der Waals surface area contributed by atoms with Crippen molar-refractivity contribution in [3.8, 4) is 0 Å². The molecule has 0 aliphatic rings. The van der Waals surface area contributed by atoms with E-state index in [1.165, 1.54) is 11.3 Å². The molecule has 2 rings (SSSR count). The van der Waals surface area contributed by atoms with Crippen LogP contribution in [0.5, 0.6) is 0 Å². The number of thiazole rings is 1. The number of amides is 1. The number of benzene rings is 1. The van der Waals surface area contributed by atoms with Crippen LogP contribution in [-0.4, -0.2) is 10.9 Å². The van der Waals surface area contributed by atoms with Crippen LogP contribution in [0, 0.1) is 13.8 Å². The molecule has 1 heterocycles. The van der Waals surface area contributed by atoms with Gasteiger partial charge in [0, 0.05) is 5.69 Å². The smallest absolute Gasteiger partial charge is 0.267 e. The van der Waals surface area contributed by atoms with Crippen LogP contribution in [0.2, 0.25) is 0 Å². The van der Waals surface area contributed by atoms with E-state index in [1.54, 1.807) is 11.7 Å². The molecule has 4 heteroatoms. The summed E-state index contributed by atoms with van der Waals surface area (Å²) in [6, 6.07) is 5.97. The van der Waals surface area contributed by atoms with Gasteiger partial charge in [-0.1, -0.05) is 6.07 Å². The van der Waals surface area contributed by atoms with E-state index < -0.39 is 0 Å². The quantitative estimate of drug-likeness (QED) is 0.864. The van der Waals surface area contributed by atoms with E-state index in [0.29, 0.717) is 4.88 Å². The summed E-state index contributed by atoms with van der Waals surface area (Å²) in [5, 5.41) is 2.86. The van der Waals surface area contributed by atoms with E-state index in [1.807, 2.05) is 26.0 Å². The maximum absolute atomic E-state index is 11.8. The van der Waals surface area contributed by atoms with Gasteiger partial charge in [0.05, 0.1) is 11.7 Å². The number of hydrogen-bond donors (Lipinski definition) is 1. The van der Waals surface area contributed by atoms with Gasteiger partial charge in [-0.05, 0) is 37.1 Å². The van der Waals surface area contributed by atoms with Gasteiger partial charge in [0.2, 0.25) is 0 Å². The van der Waals surface area contributed by atoms with Crippen LogP contribution in [0.4, 0.5) is 5.69 Å². The number of aromatic nitrogens is 1. The first kappa shape index (κ1) is 10.8. The van der Waals surface area contributed by atoms with Crippen LogP contribution < -0.4 is 5.32 Å². The normalized spacial score (nSPS) is 10.1. The Morgan fingerprint density at radius 2 is 1.94 bits per heavy atom. The fourth-order valence-corrected chi connectivity index (χ4v) is 2.08. The van der Waals surface area contributed by atoms with Crippen molar-refractivity contribution in [1.29, 1.82) is 0 Å². The van der Waals surface area contributed by atoms with Crippen LogP contribution in [0.1, 0.15) is 20.8 Å². The van der Waals surface area contributed by atoms with Gasteiger partial charge in [0.15, 0.2) is 0 Å². The predicted octanol–water partition coefficient (Wildman–Crippen LogP) is 3.01. The first-order valence-electron chi connectivity index (χ1n) is 4.93. The SMILES string of the molecule is Cc1cc(C)cc(NC(=O)c2cncs2)c1. The molecule has 0 fully saturated rings. The lowest BCUT2D eigenvalue weighted by molar-refractivity contribution is 0.103. The summed E-state index contributed by atoms with van der Waals surface area (Å²) >= 11 is 1.34. The molecule has 3 nitrogen and oxygen atoms in total. The summed E-state index contributed by atoms with van der Waals surface area (Å²) in [7, 11) is 0. The fourth-order valence-electron chi connectivity index (χ4n) is 1.57. The third kappa shape index (κ3) is 2.46. The molecule has 0 aliphatic heterocycles. The number of carbonyl (C=O) groups is 1. The summed E-state index contributed by atoms with van der Waals surface area (Å²) in [6.07, 6.45) is 1.57. The molecular formula is C12H12N2OS. The number of aryl methyl sites for hydroxylation is 2. The van der Waals surface area contributed by atoms with Crippen LogP contribution in [0.3, 0.4) is 0 Å². The predicted molar refractivity (Wildman–Crippen MR) is 66.0 cm³/mol. The van der Waals surface area contributed by atoms with Crippen LogP contribution in [0.15, 0.2) is 29.9 Å². The molecule has 0 unspecified atom stereocenters. The molecule has 1 aromatic heterocycles. The largest absolute Gasteiger partial charge is 0.321 e. The molecule has 0 bridgehead atoms. The van der Waals surface area contributed by atoms with Gasteiger partial charge >= 0.3 is 0 Å². The van der Waals surface area contributed by atoms with Crippen molar-refractivity contribution in [2.75, 3.05) is 5.32 Å². The zero-order valence-corrected chi connectivity index (χ0v) is 9.97. The van der Waals surface area contributed by atoms with Crippen molar-refractivity contribution in [2.45, 2.75) is 13.8 Å². The second kappa shape index (κ2) is 4.45. The highest BCUT2D eigenvalue weighted by molar-refractivity contribution is 7.11. The van der Waals surface area contributed by atoms with E-state index in [9.17, 15) is 4.79 Å². The molecule has 0 radical (unpaired) electrons. The molecule has 2 aromatic rings. The molecule has 0 saturated heterocycles. The van der Waals surface area contributed by atoms with Crippen molar-refractivity contribution in [2.24, 2.45) is 0 Å². The van der Waals surface area contributed by atoms with Gasteiger partial charge in [-0.25, -0.2) is 0 Å². The molecule has 1 amide bonds. The third-order valence-electron chi connectivity index (χ3n) is 2.14. The van der Waals surface area contributed by atoms with Crippen LogP contribution in [-0.2, 0) is 0 Å². The molecule has 0 aliphatic carbocycles. The Kier molecular flexibility index (Phi) is 3.01. The second-order valence-electron chi connectivity index (χ2n) is 3.70. The number of carbonyl (C=O) groups excluding carboxylic acids is 1. The maximum atomic E-state index is 11.8. The Labute approximate surface area is 98.2 Å². The van der Waals surface area contributed by atoms with E-state index in [0.717, 1.165) is 16.8 Å². The van der Waals surface area contributed by atoms with Crippen molar-refractivity contribution in [3.05, 3.63) is 45.9 Å². The van der Waals surface area contributed by atoms with Gasteiger partial charge in [0.1, 0.15) is 4.88 Å². The Bertz CT molecular complexity index is 485. The summed E-state index contributed by atoms with van der Waals surface area (Å²) in [5.41, 5.74) is 4.76. The number of nitrogens with one attached hydrogen (secondary N) is 1. The topological polar surface area (TPSA) is 42.0 Å². The molecule has 16 heavy (non-hydrogen) atoms. The second-order valence-corrected chi connectivity index (χ2v) is 4.58. The molecule has 82 valence electrons. The van der Waals surface area contributed by atoms with Crippen molar-refractivity contribution in [1.82, 2.24) is 4.98 Å². The monoisotopic (exact) mass is 232 g/mol. The van der Waals surface area contributed by atoms with Crippen LogP contribution in [0.25, 0.3) is 0 Å². The third-order valence-corrected chi connectivity index (χ3v) is 2.91. The molecule has 1 N–H and O–H groups in total. The minimum absolute atomic E-state index is 0.104. The van der Waals surface area contributed by atoms with Gasteiger partial charge in [-0.2, -0.15) is 0 Å². The van der Waals surface area contributed by atoms with E-state index in [2.05, 4.69) is 16.4 Å². The molecular weight excluding hydrogens is 220 g/mol. The Morgan fingerprint density at radius 3 is 2.50 bits per heavy atom. The Morgan fingerprint density at radius 1 is 1.25 bits per heavy atom. The highest BCUT2D eigenvalue weighted by atomic mass is 32.1. The summed E-state index contributed by atoms with van der Waals surface area (Å²) in [4.78, 5) is 16.3. The van der Waals surface area contributed by atoms with Crippen molar-refractivity contribution >= 4 is 22.9 Å². The molecule has 0 saturated carbocycles. The van der Waals surface area contributed by atoms with Gasteiger partial charge in [-0.3, -0.25) is 9.78 Å².